The minimum Gasteiger partial charge on any atom is -0.507 e. The van der Waals surface area contributed by atoms with E-state index in [4.69, 9.17) is 15.2 Å². The van der Waals surface area contributed by atoms with Crippen LogP contribution in [0.2, 0.25) is 0 Å². The number of phenolic OH excluding ortho intramolecular Hbond substituents is 1. The first-order valence-electron chi connectivity index (χ1n) is 11.4. The molecule has 0 spiro atoms. The SMILES string of the molecule is CCOC(=O)NCc1c(C2CCCNC2)cc(-c2c(O)cccc2OCC2CC2)nc1N.Cl. The Labute approximate surface area is 200 Å². The lowest BCUT2D eigenvalue weighted by Crippen LogP contribution is -2.30. The maximum Gasteiger partial charge on any atom is 0.407 e. The number of halogens is 1. The highest BCUT2D eigenvalue weighted by atomic mass is 35.5. The highest BCUT2D eigenvalue weighted by molar-refractivity contribution is 5.85. The van der Waals surface area contributed by atoms with Gasteiger partial charge in [-0.3, -0.25) is 0 Å². The summed E-state index contributed by atoms with van der Waals surface area (Å²) >= 11 is 0. The van der Waals surface area contributed by atoms with Crippen LogP contribution < -0.4 is 21.1 Å². The fourth-order valence-corrected chi connectivity index (χ4v) is 4.15. The molecule has 5 N–H and O–H groups in total. The van der Waals surface area contributed by atoms with E-state index in [9.17, 15) is 9.90 Å². The maximum absolute atomic E-state index is 11.9. The van der Waals surface area contributed by atoms with E-state index in [1.807, 2.05) is 12.1 Å². The van der Waals surface area contributed by atoms with Crippen LogP contribution in [0.1, 0.15) is 49.7 Å². The number of anilines is 1. The zero-order valence-electron chi connectivity index (χ0n) is 18.9. The molecule has 180 valence electrons. The summed E-state index contributed by atoms with van der Waals surface area (Å²) in [6, 6.07) is 7.24. The molecular formula is C24H33ClN4O4. The summed E-state index contributed by atoms with van der Waals surface area (Å²) < 4.78 is 11.0. The monoisotopic (exact) mass is 476 g/mol. The third-order valence-corrected chi connectivity index (χ3v) is 6.04. The summed E-state index contributed by atoms with van der Waals surface area (Å²) in [4.78, 5) is 16.5. The smallest absolute Gasteiger partial charge is 0.407 e. The van der Waals surface area contributed by atoms with Gasteiger partial charge in [-0.15, -0.1) is 12.4 Å². The standard InChI is InChI=1S/C24H32N4O4.ClH/c1-2-31-24(30)27-13-18-17(16-5-4-10-26-12-16)11-19(28-23(18)25)22-20(29)6-3-7-21(22)32-14-15-8-9-15;/h3,6-7,11,15-16,26,29H,2,4-5,8-10,12-14H2,1H3,(H2,25,28)(H,27,30);1H. The second kappa shape index (κ2) is 11.4. The number of aromatic nitrogens is 1. The number of carbonyl (C=O) groups excluding carboxylic acids is 1. The third kappa shape index (κ3) is 6.21. The van der Waals surface area contributed by atoms with Gasteiger partial charge in [-0.1, -0.05) is 6.07 Å². The first-order valence-corrected chi connectivity index (χ1v) is 11.4. The zero-order chi connectivity index (χ0) is 22.5. The molecule has 1 amide bonds. The van der Waals surface area contributed by atoms with Gasteiger partial charge in [0.1, 0.15) is 17.3 Å². The van der Waals surface area contributed by atoms with E-state index in [0.29, 0.717) is 42.0 Å². The van der Waals surface area contributed by atoms with Crippen molar-refractivity contribution >= 4 is 24.3 Å². The molecule has 8 nitrogen and oxygen atoms in total. The lowest BCUT2D eigenvalue weighted by atomic mass is 9.87. The molecule has 1 atom stereocenters. The molecule has 2 fully saturated rings. The van der Waals surface area contributed by atoms with E-state index in [1.54, 1.807) is 19.1 Å². The molecule has 1 aromatic heterocycles. The lowest BCUT2D eigenvalue weighted by molar-refractivity contribution is 0.151. The van der Waals surface area contributed by atoms with Crippen molar-refractivity contribution in [2.75, 3.05) is 32.0 Å². The Morgan fingerprint density at radius 2 is 2.15 bits per heavy atom. The molecule has 1 aliphatic carbocycles. The summed E-state index contributed by atoms with van der Waals surface area (Å²) in [6.07, 6.45) is 3.94. The van der Waals surface area contributed by atoms with Crippen LogP contribution in [0, 0.1) is 5.92 Å². The Morgan fingerprint density at radius 1 is 1.33 bits per heavy atom. The van der Waals surface area contributed by atoms with Crippen LogP contribution in [0.4, 0.5) is 10.6 Å². The summed E-state index contributed by atoms with van der Waals surface area (Å²) in [6.45, 7) is 4.73. The number of alkyl carbamates (subject to hydrolysis) is 1. The number of nitrogen functional groups attached to an aromatic ring is 1. The number of benzene rings is 1. The number of nitrogens with zero attached hydrogens (tertiary/aromatic N) is 1. The molecule has 1 saturated carbocycles. The Morgan fingerprint density at radius 3 is 2.85 bits per heavy atom. The predicted molar refractivity (Wildman–Crippen MR) is 130 cm³/mol. The van der Waals surface area contributed by atoms with Crippen LogP contribution in [-0.4, -0.2) is 42.5 Å². The number of rotatable bonds is 8. The molecule has 1 saturated heterocycles. The number of nitrogens with two attached hydrogens (primary N) is 1. The van der Waals surface area contributed by atoms with Crippen molar-refractivity contribution in [2.24, 2.45) is 5.92 Å². The lowest BCUT2D eigenvalue weighted by Gasteiger charge is -2.27. The normalized spacial score (nSPS) is 17.7. The number of nitrogens with one attached hydrogen (secondary N) is 2. The molecule has 1 aliphatic heterocycles. The first kappa shape index (κ1) is 24.9. The Kier molecular flexibility index (Phi) is 8.63. The van der Waals surface area contributed by atoms with Crippen molar-refractivity contribution in [3.05, 3.63) is 35.4 Å². The van der Waals surface area contributed by atoms with Gasteiger partial charge in [-0.05, 0) is 74.8 Å². The van der Waals surface area contributed by atoms with Crippen molar-refractivity contribution in [3.8, 4) is 22.8 Å². The molecule has 0 bridgehead atoms. The summed E-state index contributed by atoms with van der Waals surface area (Å²) in [5.41, 5.74) is 9.34. The minimum absolute atomic E-state index is 0. The fraction of sp³-hybridized carbons (Fsp3) is 0.500. The summed E-state index contributed by atoms with van der Waals surface area (Å²) in [7, 11) is 0. The second-order valence-corrected chi connectivity index (χ2v) is 8.48. The minimum atomic E-state index is -0.486. The van der Waals surface area contributed by atoms with Crippen LogP contribution in [0.3, 0.4) is 0 Å². The van der Waals surface area contributed by atoms with Gasteiger partial charge >= 0.3 is 6.09 Å². The van der Waals surface area contributed by atoms with Crippen molar-refractivity contribution < 1.29 is 19.4 Å². The van der Waals surface area contributed by atoms with Crippen LogP contribution >= 0.6 is 12.4 Å². The molecular weight excluding hydrogens is 444 g/mol. The maximum atomic E-state index is 11.9. The van der Waals surface area contributed by atoms with E-state index in [0.717, 1.165) is 37.1 Å². The highest BCUT2D eigenvalue weighted by Gasteiger charge is 2.26. The molecule has 33 heavy (non-hydrogen) atoms. The quantitative estimate of drug-likeness (QED) is 0.455. The first-order chi connectivity index (χ1) is 15.6. The van der Waals surface area contributed by atoms with E-state index in [-0.39, 0.29) is 30.6 Å². The van der Waals surface area contributed by atoms with E-state index in [2.05, 4.69) is 15.6 Å². The van der Waals surface area contributed by atoms with Gasteiger partial charge < -0.3 is 30.9 Å². The molecule has 2 aliphatic rings. The van der Waals surface area contributed by atoms with E-state index in [1.165, 1.54) is 12.8 Å². The molecule has 1 unspecified atom stereocenters. The number of hydrogen-bond donors (Lipinski definition) is 4. The van der Waals surface area contributed by atoms with Gasteiger partial charge in [0, 0.05) is 12.1 Å². The highest BCUT2D eigenvalue weighted by Crippen LogP contribution is 2.41. The molecule has 0 radical (unpaired) electrons. The zero-order valence-corrected chi connectivity index (χ0v) is 19.7. The average Bonchev–Trinajstić information content (AvgIpc) is 3.62. The van der Waals surface area contributed by atoms with Crippen LogP contribution in [-0.2, 0) is 11.3 Å². The van der Waals surface area contributed by atoms with E-state index < -0.39 is 6.09 Å². The Hall–Kier alpha value is -2.71. The molecule has 2 aromatic rings. The third-order valence-electron chi connectivity index (χ3n) is 6.04. The number of piperidine rings is 1. The topological polar surface area (TPSA) is 119 Å². The number of carbonyl (C=O) groups is 1. The van der Waals surface area contributed by atoms with Gasteiger partial charge in [0.05, 0.1) is 31.0 Å². The van der Waals surface area contributed by atoms with Crippen molar-refractivity contribution in [2.45, 2.75) is 45.1 Å². The van der Waals surface area contributed by atoms with Crippen LogP contribution in [0.5, 0.6) is 11.5 Å². The van der Waals surface area contributed by atoms with Crippen LogP contribution in [0.25, 0.3) is 11.3 Å². The summed E-state index contributed by atoms with van der Waals surface area (Å²) in [5.74, 6) is 1.86. The van der Waals surface area contributed by atoms with Gasteiger partial charge in [-0.2, -0.15) is 0 Å². The molecule has 9 heteroatoms. The number of pyridine rings is 1. The van der Waals surface area contributed by atoms with Crippen molar-refractivity contribution in [3.63, 3.8) is 0 Å². The molecule has 2 heterocycles. The number of ether oxygens (including phenoxy) is 2. The fourth-order valence-electron chi connectivity index (χ4n) is 4.15. The second-order valence-electron chi connectivity index (χ2n) is 8.48. The number of aromatic hydroxyl groups is 1. The number of hydrogen-bond acceptors (Lipinski definition) is 7. The number of phenols is 1. The van der Waals surface area contributed by atoms with Crippen LogP contribution in [0.15, 0.2) is 24.3 Å². The van der Waals surface area contributed by atoms with E-state index >= 15 is 0 Å². The Balaban J connectivity index is 0.00000306. The summed E-state index contributed by atoms with van der Waals surface area (Å²) in [5, 5.41) is 16.9. The van der Waals surface area contributed by atoms with Gasteiger partial charge in [0.2, 0.25) is 0 Å². The number of amides is 1. The van der Waals surface area contributed by atoms with Gasteiger partial charge in [0.15, 0.2) is 0 Å². The Bertz CT molecular complexity index is 962. The van der Waals surface area contributed by atoms with Crippen molar-refractivity contribution in [1.29, 1.82) is 0 Å². The van der Waals surface area contributed by atoms with Gasteiger partial charge in [0.25, 0.3) is 0 Å². The molecule has 1 aromatic carbocycles. The average molecular weight is 477 g/mol. The molecule has 4 rings (SSSR count). The van der Waals surface area contributed by atoms with Crippen molar-refractivity contribution in [1.82, 2.24) is 15.6 Å². The largest absolute Gasteiger partial charge is 0.507 e. The predicted octanol–water partition coefficient (Wildman–Crippen LogP) is 3.96. The van der Waals surface area contributed by atoms with Gasteiger partial charge in [-0.25, -0.2) is 9.78 Å².